The molecular formula is C9H11ClN2O5S2. The number of anilines is 1. The number of aryl methyl sites for hydroxylation is 1. The summed E-state index contributed by atoms with van der Waals surface area (Å²) in [5, 5.41) is 2.65. The number of carbonyl (C=O) groups is 1. The number of hydrogen-bond acceptors (Lipinski definition) is 7. The van der Waals surface area contributed by atoms with Crippen LogP contribution in [-0.2, 0) is 23.3 Å². The Kier molecular flexibility index (Phi) is 4.41. The lowest BCUT2D eigenvalue weighted by molar-refractivity contribution is -0.142. The molecule has 1 aliphatic rings. The van der Waals surface area contributed by atoms with Gasteiger partial charge in [-0.1, -0.05) is 11.3 Å². The largest absolute Gasteiger partial charge is 0.376 e. The molecular weight excluding hydrogens is 316 g/mol. The van der Waals surface area contributed by atoms with Gasteiger partial charge in [-0.2, -0.15) is 0 Å². The van der Waals surface area contributed by atoms with Gasteiger partial charge in [-0.15, -0.1) is 0 Å². The van der Waals surface area contributed by atoms with E-state index in [1.807, 2.05) is 0 Å². The summed E-state index contributed by atoms with van der Waals surface area (Å²) >= 11 is 0.799. The van der Waals surface area contributed by atoms with Crippen LogP contribution in [0, 0.1) is 6.92 Å². The molecule has 2 heterocycles. The molecule has 0 aliphatic carbocycles. The fourth-order valence-electron chi connectivity index (χ4n) is 1.49. The quantitative estimate of drug-likeness (QED) is 0.823. The van der Waals surface area contributed by atoms with Gasteiger partial charge in [0.2, 0.25) is 0 Å². The Bertz CT molecular complexity index is 579. The van der Waals surface area contributed by atoms with Crippen molar-refractivity contribution < 1.29 is 22.7 Å². The number of aromatic nitrogens is 1. The van der Waals surface area contributed by atoms with Crippen LogP contribution in [0.1, 0.15) is 5.69 Å². The van der Waals surface area contributed by atoms with Crippen LogP contribution in [0.2, 0.25) is 0 Å². The summed E-state index contributed by atoms with van der Waals surface area (Å²) < 4.78 is 32.7. The molecule has 106 valence electrons. The smallest absolute Gasteiger partial charge is 0.272 e. The molecule has 1 amide bonds. The Hall–Kier alpha value is -0.740. The minimum atomic E-state index is -3.85. The summed E-state index contributed by atoms with van der Waals surface area (Å²) in [6.45, 7) is 2.46. The average molecular weight is 327 g/mol. The maximum Gasteiger partial charge on any atom is 0.272 e. The van der Waals surface area contributed by atoms with Gasteiger partial charge in [0.05, 0.1) is 25.5 Å². The molecule has 1 unspecified atom stereocenters. The van der Waals surface area contributed by atoms with Crippen molar-refractivity contribution in [1.29, 1.82) is 0 Å². The molecule has 1 aromatic rings. The predicted molar refractivity (Wildman–Crippen MR) is 69.1 cm³/mol. The molecule has 1 N–H and O–H groups in total. The Morgan fingerprint density at radius 1 is 1.53 bits per heavy atom. The fourth-order valence-corrected chi connectivity index (χ4v) is 3.84. The maximum absolute atomic E-state index is 11.8. The van der Waals surface area contributed by atoms with Crippen molar-refractivity contribution in [3.63, 3.8) is 0 Å². The predicted octanol–water partition coefficient (Wildman–Crippen LogP) is 0.733. The summed E-state index contributed by atoms with van der Waals surface area (Å²) in [6.07, 6.45) is -0.714. The second-order valence-corrected chi connectivity index (χ2v) is 7.51. The van der Waals surface area contributed by atoms with E-state index in [9.17, 15) is 13.2 Å². The highest BCUT2D eigenvalue weighted by atomic mass is 35.7. The number of ether oxygens (including phenoxy) is 2. The number of hydrogen-bond donors (Lipinski definition) is 1. The zero-order valence-electron chi connectivity index (χ0n) is 9.88. The van der Waals surface area contributed by atoms with Crippen molar-refractivity contribution in [2.24, 2.45) is 0 Å². The fraction of sp³-hybridized carbons (Fsp3) is 0.556. The number of rotatable bonds is 3. The van der Waals surface area contributed by atoms with Crippen LogP contribution in [0.3, 0.4) is 0 Å². The lowest BCUT2D eigenvalue weighted by Gasteiger charge is -2.21. The highest BCUT2D eigenvalue weighted by Gasteiger charge is 2.25. The van der Waals surface area contributed by atoms with Gasteiger partial charge >= 0.3 is 0 Å². The third-order valence-corrected chi connectivity index (χ3v) is 5.57. The minimum Gasteiger partial charge on any atom is -0.376 e. The van der Waals surface area contributed by atoms with E-state index >= 15 is 0 Å². The van der Waals surface area contributed by atoms with Crippen molar-refractivity contribution >= 4 is 42.1 Å². The monoisotopic (exact) mass is 326 g/mol. The lowest BCUT2D eigenvalue weighted by atomic mass is 10.3. The molecule has 1 atom stereocenters. The minimum absolute atomic E-state index is 0.0784. The van der Waals surface area contributed by atoms with Gasteiger partial charge in [0, 0.05) is 10.7 Å². The third-order valence-electron chi connectivity index (χ3n) is 2.31. The summed E-state index contributed by atoms with van der Waals surface area (Å²) in [5.41, 5.74) is 0.246. The van der Waals surface area contributed by atoms with Crippen molar-refractivity contribution in [3.05, 3.63) is 5.69 Å². The first-order valence-electron chi connectivity index (χ1n) is 5.30. The van der Waals surface area contributed by atoms with Crippen molar-refractivity contribution in [2.75, 3.05) is 25.1 Å². The van der Waals surface area contributed by atoms with E-state index in [1.54, 1.807) is 0 Å². The first kappa shape index (κ1) is 14.7. The number of nitrogens with zero attached hydrogens (tertiary/aromatic N) is 1. The molecule has 0 radical (unpaired) electrons. The molecule has 1 aliphatic heterocycles. The summed E-state index contributed by atoms with van der Waals surface area (Å²) in [7, 11) is 1.40. The Morgan fingerprint density at radius 3 is 2.79 bits per heavy atom. The zero-order chi connectivity index (χ0) is 14.0. The lowest BCUT2D eigenvalue weighted by Crippen LogP contribution is -2.39. The summed E-state index contributed by atoms with van der Waals surface area (Å²) in [5.74, 6) is -0.424. The highest BCUT2D eigenvalue weighted by Crippen LogP contribution is 2.29. The van der Waals surface area contributed by atoms with Crippen LogP contribution in [0.5, 0.6) is 0 Å². The number of amides is 1. The zero-order valence-corrected chi connectivity index (χ0v) is 12.3. The number of thiazole rings is 1. The molecule has 19 heavy (non-hydrogen) atoms. The average Bonchev–Trinajstić information content (AvgIpc) is 2.71. The van der Waals surface area contributed by atoms with Crippen molar-refractivity contribution in [2.45, 2.75) is 17.2 Å². The molecule has 1 saturated heterocycles. The first-order valence-corrected chi connectivity index (χ1v) is 8.43. The first-order chi connectivity index (χ1) is 8.88. The van der Waals surface area contributed by atoms with E-state index < -0.39 is 21.1 Å². The van der Waals surface area contributed by atoms with Crippen LogP contribution in [0.15, 0.2) is 4.21 Å². The Labute approximate surface area is 118 Å². The SMILES string of the molecule is Cc1nc(NC(=O)C2COCCO2)sc1S(=O)(=O)Cl. The molecule has 1 aromatic heterocycles. The van der Waals surface area contributed by atoms with Gasteiger partial charge in [0.1, 0.15) is 0 Å². The highest BCUT2D eigenvalue weighted by molar-refractivity contribution is 8.15. The van der Waals surface area contributed by atoms with Gasteiger partial charge in [0.15, 0.2) is 15.4 Å². The standard InChI is InChI=1S/C9H11ClN2O5S2/c1-5-8(19(10,14)15)18-9(11-5)12-7(13)6-4-16-2-3-17-6/h6H,2-4H2,1H3,(H,11,12,13). The third kappa shape index (κ3) is 3.63. The van der Waals surface area contributed by atoms with E-state index in [1.165, 1.54) is 6.92 Å². The summed E-state index contributed by atoms with van der Waals surface area (Å²) in [4.78, 5) is 15.7. The van der Waals surface area contributed by atoms with E-state index in [4.69, 9.17) is 20.2 Å². The number of nitrogens with one attached hydrogen (secondary N) is 1. The molecule has 7 nitrogen and oxygen atoms in total. The van der Waals surface area contributed by atoms with E-state index in [2.05, 4.69) is 10.3 Å². The van der Waals surface area contributed by atoms with Crippen LogP contribution in [-0.4, -0.2) is 45.2 Å². The van der Waals surface area contributed by atoms with Gasteiger partial charge in [0.25, 0.3) is 15.0 Å². The number of carbonyl (C=O) groups excluding carboxylic acids is 1. The Balaban J connectivity index is 2.09. The van der Waals surface area contributed by atoms with Gasteiger partial charge in [-0.3, -0.25) is 10.1 Å². The second kappa shape index (κ2) is 5.71. The number of halogens is 1. The van der Waals surface area contributed by atoms with Crippen LogP contribution >= 0.6 is 22.0 Å². The van der Waals surface area contributed by atoms with E-state index in [0.29, 0.717) is 13.2 Å². The van der Waals surface area contributed by atoms with Gasteiger partial charge in [-0.05, 0) is 6.92 Å². The van der Waals surface area contributed by atoms with Crippen molar-refractivity contribution in [3.8, 4) is 0 Å². The molecule has 2 rings (SSSR count). The molecule has 0 spiro atoms. The second-order valence-electron chi connectivity index (χ2n) is 3.75. The van der Waals surface area contributed by atoms with Crippen LogP contribution in [0.25, 0.3) is 0 Å². The van der Waals surface area contributed by atoms with E-state index in [0.717, 1.165) is 11.3 Å². The van der Waals surface area contributed by atoms with Crippen LogP contribution < -0.4 is 5.32 Å². The maximum atomic E-state index is 11.8. The normalized spacial score (nSPS) is 20.2. The van der Waals surface area contributed by atoms with Crippen LogP contribution in [0.4, 0.5) is 5.13 Å². The molecule has 0 bridgehead atoms. The summed E-state index contributed by atoms with van der Waals surface area (Å²) in [6, 6.07) is 0. The van der Waals surface area contributed by atoms with Gasteiger partial charge < -0.3 is 9.47 Å². The van der Waals surface area contributed by atoms with Crippen molar-refractivity contribution in [1.82, 2.24) is 4.98 Å². The molecule has 0 aromatic carbocycles. The molecule has 10 heteroatoms. The molecule has 0 saturated carbocycles. The van der Waals surface area contributed by atoms with E-state index in [-0.39, 0.29) is 21.6 Å². The Morgan fingerprint density at radius 2 is 2.26 bits per heavy atom. The topological polar surface area (TPSA) is 94.6 Å². The van der Waals surface area contributed by atoms with Gasteiger partial charge in [-0.25, -0.2) is 13.4 Å². The molecule has 1 fully saturated rings.